The summed E-state index contributed by atoms with van der Waals surface area (Å²) in [5.74, 6) is -0.498. The molecule has 0 saturated carbocycles. The second kappa shape index (κ2) is 17.1. The summed E-state index contributed by atoms with van der Waals surface area (Å²) in [5, 5.41) is 12.1. The molecule has 0 heterocycles. The number of hydrogen-bond acceptors (Lipinski definition) is 6. The van der Waals surface area contributed by atoms with Gasteiger partial charge in [0, 0.05) is 25.8 Å². The highest BCUT2D eigenvalue weighted by Crippen LogP contribution is 2.23. The van der Waals surface area contributed by atoms with E-state index in [1.165, 1.54) is 0 Å². The Morgan fingerprint density at radius 1 is 0.775 bits per heavy atom. The zero-order valence-corrected chi connectivity index (χ0v) is 24.0. The molecule has 8 nitrogen and oxygen atoms in total. The number of carboxylic acid groups (broad SMARTS) is 1. The number of amides is 1. The first-order chi connectivity index (χ1) is 19.0. The van der Waals surface area contributed by atoms with Gasteiger partial charge in [0.05, 0.1) is 5.56 Å². The zero-order valence-electron chi connectivity index (χ0n) is 24.0. The normalized spacial score (nSPS) is 11.1. The number of aromatic carboxylic acids is 1. The van der Waals surface area contributed by atoms with Crippen LogP contribution in [0.5, 0.6) is 5.75 Å². The van der Waals surface area contributed by atoms with Gasteiger partial charge in [0.15, 0.2) is 5.78 Å². The molecule has 0 aromatic heterocycles. The van der Waals surface area contributed by atoms with Crippen LogP contribution < -0.4 is 10.1 Å². The van der Waals surface area contributed by atoms with Crippen molar-refractivity contribution in [2.45, 2.75) is 90.6 Å². The minimum Gasteiger partial charge on any atom is -0.486 e. The molecule has 2 aromatic rings. The molecule has 0 saturated heterocycles. The van der Waals surface area contributed by atoms with E-state index < -0.39 is 11.6 Å². The van der Waals surface area contributed by atoms with Gasteiger partial charge in [-0.15, -0.1) is 0 Å². The molecule has 40 heavy (non-hydrogen) atoms. The van der Waals surface area contributed by atoms with Crippen molar-refractivity contribution in [2.24, 2.45) is 0 Å². The standard InChI is InChI=1S/C32H43NO7/c1-32(2,3)40-30(36)16-9-6-10-21-33-29(35)15-8-5-4-7-14-27(34)23-39-28-19-17-24(18-20-28)25-12-11-13-26(22-25)31(37)38/h11-13,17-20,22H,4-10,14-16,21,23H2,1-3H3,(H,33,35)(H,37,38). The van der Waals surface area contributed by atoms with E-state index in [1.54, 1.807) is 30.3 Å². The number of Topliss-reactive ketones (excluding diaryl/α,β-unsaturated/α-hetero) is 1. The average molecular weight is 554 g/mol. The highest BCUT2D eigenvalue weighted by Gasteiger charge is 2.15. The highest BCUT2D eigenvalue weighted by atomic mass is 16.6. The molecule has 2 N–H and O–H groups in total. The van der Waals surface area contributed by atoms with Gasteiger partial charge in [-0.1, -0.05) is 43.5 Å². The van der Waals surface area contributed by atoms with E-state index in [1.807, 2.05) is 39.0 Å². The number of rotatable bonds is 18. The van der Waals surface area contributed by atoms with Crippen molar-refractivity contribution in [3.63, 3.8) is 0 Å². The van der Waals surface area contributed by atoms with Crippen LogP contribution in [0.2, 0.25) is 0 Å². The molecule has 2 aromatic carbocycles. The molecule has 8 heteroatoms. The molecule has 0 aliphatic heterocycles. The molecular formula is C32H43NO7. The maximum absolute atomic E-state index is 12.2. The Bertz CT molecular complexity index is 1100. The molecule has 0 fully saturated rings. The van der Waals surface area contributed by atoms with Crippen LogP contribution in [0.25, 0.3) is 11.1 Å². The summed E-state index contributed by atoms with van der Waals surface area (Å²) in [7, 11) is 0. The number of benzene rings is 2. The highest BCUT2D eigenvalue weighted by molar-refractivity contribution is 5.89. The van der Waals surface area contributed by atoms with Crippen molar-refractivity contribution in [1.82, 2.24) is 5.32 Å². The van der Waals surface area contributed by atoms with Crippen molar-refractivity contribution in [1.29, 1.82) is 0 Å². The van der Waals surface area contributed by atoms with Gasteiger partial charge in [0.1, 0.15) is 18.0 Å². The topological polar surface area (TPSA) is 119 Å². The van der Waals surface area contributed by atoms with Gasteiger partial charge in [0.2, 0.25) is 5.91 Å². The summed E-state index contributed by atoms with van der Waals surface area (Å²) in [5.41, 5.74) is 1.44. The van der Waals surface area contributed by atoms with Crippen molar-refractivity contribution >= 4 is 23.6 Å². The lowest BCUT2D eigenvalue weighted by Crippen LogP contribution is -2.24. The minimum atomic E-state index is -0.970. The second-order valence-corrected chi connectivity index (χ2v) is 10.9. The van der Waals surface area contributed by atoms with E-state index in [0.717, 1.165) is 56.1 Å². The molecular weight excluding hydrogens is 510 g/mol. The fourth-order valence-corrected chi connectivity index (χ4v) is 4.05. The molecule has 0 unspecified atom stereocenters. The maximum atomic E-state index is 12.2. The van der Waals surface area contributed by atoms with Crippen molar-refractivity contribution in [3.05, 3.63) is 54.1 Å². The summed E-state index contributed by atoms with van der Waals surface area (Å²) in [6.07, 6.45) is 7.11. The molecule has 0 aliphatic rings. The van der Waals surface area contributed by atoms with Gasteiger partial charge in [-0.05, 0) is 81.8 Å². The number of carboxylic acids is 1. The number of ketones is 1. The van der Waals surface area contributed by atoms with E-state index in [-0.39, 0.29) is 29.8 Å². The molecule has 1 amide bonds. The van der Waals surface area contributed by atoms with Crippen LogP contribution >= 0.6 is 0 Å². The Morgan fingerprint density at radius 2 is 1.43 bits per heavy atom. The van der Waals surface area contributed by atoms with E-state index in [0.29, 0.717) is 31.6 Å². The number of hydrogen-bond donors (Lipinski definition) is 2. The van der Waals surface area contributed by atoms with Crippen molar-refractivity contribution < 1.29 is 33.8 Å². The Hall–Kier alpha value is -3.68. The van der Waals surface area contributed by atoms with Gasteiger partial charge < -0.3 is 19.9 Å². The number of carbonyl (C=O) groups is 4. The Labute approximate surface area is 237 Å². The van der Waals surface area contributed by atoms with Gasteiger partial charge in [0.25, 0.3) is 0 Å². The third kappa shape index (κ3) is 13.9. The monoisotopic (exact) mass is 553 g/mol. The minimum absolute atomic E-state index is 0.00796. The summed E-state index contributed by atoms with van der Waals surface area (Å²) in [6, 6.07) is 13.9. The van der Waals surface area contributed by atoms with E-state index in [9.17, 15) is 19.2 Å². The summed E-state index contributed by atoms with van der Waals surface area (Å²) >= 11 is 0. The van der Waals surface area contributed by atoms with E-state index in [2.05, 4.69) is 5.32 Å². The number of nitrogens with one attached hydrogen (secondary N) is 1. The Morgan fingerprint density at radius 3 is 2.10 bits per heavy atom. The van der Waals surface area contributed by atoms with Crippen molar-refractivity contribution in [2.75, 3.05) is 13.2 Å². The number of esters is 1. The first-order valence-corrected chi connectivity index (χ1v) is 14.1. The number of unbranched alkanes of at least 4 members (excludes halogenated alkanes) is 5. The van der Waals surface area contributed by atoms with E-state index >= 15 is 0 Å². The molecule has 0 aliphatic carbocycles. The maximum Gasteiger partial charge on any atom is 0.335 e. The van der Waals surface area contributed by atoms with Gasteiger partial charge in [-0.25, -0.2) is 4.79 Å². The second-order valence-electron chi connectivity index (χ2n) is 10.9. The zero-order chi connectivity index (χ0) is 29.4. The fraction of sp³-hybridized carbons (Fsp3) is 0.500. The predicted molar refractivity (Wildman–Crippen MR) is 154 cm³/mol. The average Bonchev–Trinajstić information content (AvgIpc) is 2.90. The van der Waals surface area contributed by atoms with Crippen LogP contribution in [0.15, 0.2) is 48.5 Å². The molecule has 0 atom stereocenters. The first-order valence-electron chi connectivity index (χ1n) is 14.1. The Balaban J connectivity index is 1.49. The van der Waals surface area contributed by atoms with Gasteiger partial charge in [-0.3, -0.25) is 14.4 Å². The van der Waals surface area contributed by atoms with Crippen LogP contribution in [0.1, 0.15) is 95.3 Å². The fourth-order valence-electron chi connectivity index (χ4n) is 4.05. The van der Waals surface area contributed by atoms with Crippen LogP contribution in [-0.4, -0.2) is 47.5 Å². The predicted octanol–water partition coefficient (Wildman–Crippen LogP) is 6.36. The molecule has 0 spiro atoms. The molecule has 0 bridgehead atoms. The largest absolute Gasteiger partial charge is 0.486 e. The lowest BCUT2D eigenvalue weighted by molar-refractivity contribution is -0.155. The summed E-state index contributed by atoms with van der Waals surface area (Å²) in [4.78, 5) is 47.0. The molecule has 218 valence electrons. The number of carbonyl (C=O) groups excluding carboxylic acids is 3. The number of ether oxygens (including phenoxy) is 2. The SMILES string of the molecule is CC(C)(C)OC(=O)CCCCCNC(=O)CCCCCCC(=O)COc1ccc(-c2cccc(C(=O)O)c2)cc1. The van der Waals surface area contributed by atoms with Gasteiger partial charge >= 0.3 is 11.9 Å². The van der Waals surface area contributed by atoms with Crippen LogP contribution in [0, 0.1) is 0 Å². The molecule has 0 radical (unpaired) electrons. The summed E-state index contributed by atoms with van der Waals surface area (Å²) < 4.78 is 10.9. The first kappa shape index (κ1) is 32.5. The third-order valence-electron chi connectivity index (χ3n) is 6.11. The molecule has 2 rings (SSSR count). The Kier molecular flexibility index (Phi) is 13.9. The third-order valence-corrected chi connectivity index (χ3v) is 6.11. The lowest BCUT2D eigenvalue weighted by Gasteiger charge is -2.19. The van der Waals surface area contributed by atoms with E-state index in [4.69, 9.17) is 14.6 Å². The summed E-state index contributed by atoms with van der Waals surface area (Å²) in [6.45, 7) is 6.18. The van der Waals surface area contributed by atoms with Crippen molar-refractivity contribution in [3.8, 4) is 16.9 Å². The lowest BCUT2D eigenvalue weighted by atomic mass is 10.0. The van der Waals surface area contributed by atoms with Gasteiger partial charge in [-0.2, -0.15) is 0 Å². The van der Waals surface area contributed by atoms with Crippen LogP contribution in [0.3, 0.4) is 0 Å². The quantitative estimate of drug-likeness (QED) is 0.163. The smallest absolute Gasteiger partial charge is 0.335 e. The van der Waals surface area contributed by atoms with Crippen LogP contribution in [-0.2, 0) is 19.1 Å². The van der Waals surface area contributed by atoms with Crippen LogP contribution in [0.4, 0.5) is 0 Å².